The molecule has 0 radical (unpaired) electrons. The van der Waals surface area contributed by atoms with Crippen molar-refractivity contribution in [1.29, 1.82) is 5.26 Å². The molecular formula is C7H2ClN3. The molecule has 0 aliphatic heterocycles. The molecule has 0 saturated heterocycles. The minimum atomic E-state index is 0.139. The molecule has 0 unspecified atom stereocenters. The van der Waals surface area contributed by atoms with E-state index in [1.807, 2.05) is 6.07 Å². The minimum absolute atomic E-state index is 0.139. The molecule has 0 N–H and O–H groups in total. The third kappa shape index (κ3) is 1.46. The Bertz CT molecular complexity index is 359. The summed E-state index contributed by atoms with van der Waals surface area (Å²) in [6.07, 6.45) is 1.33. The van der Waals surface area contributed by atoms with Crippen molar-refractivity contribution in [3.63, 3.8) is 0 Å². The van der Waals surface area contributed by atoms with Gasteiger partial charge in [0.2, 0.25) is 5.69 Å². The fraction of sp³-hybridized carbons (Fsp3) is 0. The van der Waals surface area contributed by atoms with Gasteiger partial charge < -0.3 is 0 Å². The molecular weight excluding hydrogens is 162 g/mol. The topological polar surface area (TPSA) is 41.0 Å². The zero-order valence-corrected chi connectivity index (χ0v) is 6.13. The van der Waals surface area contributed by atoms with Gasteiger partial charge in [-0.25, -0.2) is 4.85 Å². The van der Waals surface area contributed by atoms with Crippen LogP contribution in [0, 0.1) is 17.9 Å². The molecule has 0 saturated carbocycles. The largest absolute Gasteiger partial charge is 0.255 e. The van der Waals surface area contributed by atoms with E-state index in [1.165, 1.54) is 12.3 Å². The van der Waals surface area contributed by atoms with E-state index in [0.29, 0.717) is 5.69 Å². The first-order chi connectivity index (χ1) is 5.27. The Morgan fingerprint density at radius 2 is 2.45 bits per heavy atom. The molecule has 1 heterocycles. The first kappa shape index (κ1) is 7.53. The first-order valence-corrected chi connectivity index (χ1v) is 3.09. The smallest absolute Gasteiger partial charge is 0.206 e. The minimum Gasteiger partial charge on any atom is -0.255 e. The summed E-state index contributed by atoms with van der Waals surface area (Å²) in [6.45, 7) is 6.62. The lowest BCUT2D eigenvalue weighted by molar-refractivity contribution is 1.31. The Morgan fingerprint density at radius 1 is 1.73 bits per heavy atom. The van der Waals surface area contributed by atoms with Gasteiger partial charge in [0, 0.05) is 6.20 Å². The number of aromatic nitrogens is 1. The molecule has 11 heavy (non-hydrogen) atoms. The summed E-state index contributed by atoms with van der Waals surface area (Å²) in [5.74, 6) is 0. The molecule has 0 amide bonds. The highest BCUT2D eigenvalue weighted by Crippen LogP contribution is 2.17. The van der Waals surface area contributed by atoms with E-state index in [1.54, 1.807) is 0 Å². The summed E-state index contributed by atoms with van der Waals surface area (Å²) < 4.78 is 0. The van der Waals surface area contributed by atoms with Gasteiger partial charge in [0.05, 0.1) is 12.1 Å². The SMILES string of the molecule is [C-]#[N+]c1cnc(Cl)c(C#N)c1. The third-order valence-electron chi connectivity index (χ3n) is 1.07. The first-order valence-electron chi connectivity index (χ1n) is 2.71. The van der Waals surface area contributed by atoms with E-state index in [4.69, 9.17) is 23.4 Å². The number of nitrogens with zero attached hydrogens (tertiary/aromatic N) is 3. The van der Waals surface area contributed by atoms with Gasteiger partial charge in [0.15, 0.2) is 0 Å². The number of halogens is 1. The van der Waals surface area contributed by atoms with Gasteiger partial charge >= 0.3 is 0 Å². The van der Waals surface area contributed by atoms with E-state index in [9.17, 15) is 0 Å². The average Bonchev–Trinajstić information content (AvgIpc) is 2.05. The van der Waals surface area contributed by atoms with Crippen molar-refractivity contribution >= 4 is 17.3 Å². The summed E-state index contributed by atoms with van der Waals surface area (Å²) in [6, 6.07) is 3.24. The molecule has 0 fully saturated rings. The number of nitriles is 1. The molecule has 1 aromatic heterocycles. The standard InChI is InChI=1S/C7H2ClN3/c1-10-6-2-5(3-9)7(8)11-4-6/h2,4H. The molecule has 4 heteroatoms. The van der Waals surface area contributed by atoms with Crippen LogP contribution < -0.4 is 0 Å². The van der Waals surface area contributed by atoms with Crippen LogP contribution in [-0.2, 0) is 0 Å². The Labute approximate surface area is 68.7 Å². The maximum atomic E-state index is 8.46. The average molecular weight is 164 g/mol. The number of hydrogen-bond acceptors (Lipinski definition) is 2. The maximum Gasteiger partial charge on any atom is 0.206 e. The molecule has 0 aliphatic rings. The van der Waals surface area contributed by atoms with E-state index < -0.39 is 0 Å². The molecule has 0 aromatic carbocycles. The van der Waals surface area contributed by atoms with Gasteiger partial charge in [-0.05, 0) is 6.07 Å². The van der Waals surface area contributed by atoms with Crippen LogP contribution in [0.1, 0.15) is 5.56 Å². The summed E-state index contributed by atoms with van der Waals surface area (Å²) in [5.41, 5.74) is 0.561. The second kappa shape index (κ2) is 3.01. The highest BCUT2D eigenvalue weighted by atomic mass is 35.5. The van der Waals surface area contributed by atoms with Gasteiger partial charge in [0.25, 0.3) is 0 Å². The fourth-order valence-corrected chi connectivity index (χ4v) is 0.722. The van der Waals surface area contributed by atoms with E-state index in [-0.39, 0.29) is 10.7 Å². The van der Waals surface area contributed by atoms with Crippen LogP contribution in [-0.4, -0.2) is 4.98 Å². The number of pyridine rings is 1. The van der Waals surface area contributed by atoms with Crippen molar-refractivity contribution in [1.82, 2.24) is 4.98 Å². The Kier molecular flexibility index (Phi) is 2.06. The fourth-order valence-electron chi connectivity index (χ4n) is 0.577. The third-order valence-corrected chi connectivity index (χ3v) is 1.38. The molecule has 1 rings (SSSR count). The van der Waals surface area contributed by atoms with Crippen molar-refractivity contribution in [2.24, 2.45) is 0 Å². The Morgan fingerprint density at radius 3 is 3.00 bits per heavy atom. The van der Waals surface area contributed by atoms with Gasteiger partial charge in [0.1, 0.15) is 11.2 Å². The molecule has 0 bridgehead atoms. The lowest BCUT2D eigenvalue weighted by Crippen LogP contribution is -1.79. The van der Waals surface area contributed by atoms with Crippen LogP contribution in [0.3, 0.4) is 0 Å². The molecule has 0 atom stereocenters. The van der Waals surface area contributed by atoms with Crippen LogP contribution in [0.15, 0.2) is 12.3 Å². The van der Waals surface area contributed by atoms with E-state index in [0.717, 1.165) is 0 Å². The lowest BCUT2D eigenvalue weighted by Gasteiger charge is -1.91. The van der Waals surface area contributed by atoms with E-state index in [2.05, 4.69) is 9.83 Å². The maximum absolute atomic E-state index is 8.46. The van der Waals surface area contributed by atoms with Gasteiger partial charge in [-0.3, -0.25) is 4.98 Å². The Hall–Kier alpha value is -1.58. The molecule has 3 nitrogen and oxygen atoms in total. The van der Waals surface area contributed by atoms with Crippen molar-refractivity contribution in [3.8, 4) is 6.07 Å². The van der Waals surface area contributed by atoms with Crippen LogP contribution >= 0.6 is 11.6 Å². The van der Waals surface area contributed by atoms with Crippen molar-refractivity contribution < 1.29 is 0 Å². The predicted octanol–water partition coefficient (Wildman–Crippen LogP) is 2.16. The van der Waals surface area contributed by atoms with Crippen molar-refractivity contribution in [2.45, 2.75) is 0 Å². The predicted molar refractivity (Wildman–Crippen MR) is 40.2 cm³/mol. The molecule has 52 valence electrons. The van der Waals surface area contributed by atoms with Crippen LogP contribution in [0.2, 0.25) is 5.15 Å². The second-order valence-corrected chi connectivity index (χ2v) is 2.11. The monoisotopic (exact) mass is 163 g/mol. The van der Waals surface area contributed by atoms with Gasteiger partial charge in [-0.2, -0.15) is 5.26 Å². The molecule has 0 aliphatic carbocycles. The lowest BCUT2D eigenvalue weighted by atomic mass is 10.3. The Balaban J connectivity index is 3.29. The number of hydrogen-bond donors (Lipinski definition) is 0. The highest BCUT2D eigenvalue weighted by molar-refractivity contribution is 6.30. The zero-order valence-electron chi connectivity index (χ0n) is 5.37. The summed E-state index contributed by atoms with van der Waals surface area (Å²) in [5, 5.41) is 8.60. The normalized spacial score (nSPS) is 8.27. The zero-order chi connectivity index (χ0) is 8.27. The van der Waals surface area contributed by atoms with Crippen molar-refractivity contribution in [2.75, 3.05) is 0 Å². The van der Waals surface area contributed by atoms with Gasteiger partial charge in [-0.15, -0.1) is 0 Å². The van der Waals surface area contributed by atoms with Crippen LogP contribution in [0.4, 0.5) is 5.69 Å². The van der Waals surface area contributed by atoms with Gasteiger partial charge in [-0.1, -0.05) is 11.6 Å². The second-order valence-electron chi connectivity index (χ2n) is 1.76. The highest BCUT2D eigenvalue weighted by Gasteiger charge is 2.00. The summed E-state index contributed by atoms with van der Waals surface area (Å²) in [4.78, 5) is 6.75. The molecule has 1 aromatic rings. The quantitative estimate of drug-likeness (QED) is 0.434. The molecule has 0 spiro atoms. The van der Waals surface area contributed by atoms with Crippen LogP contribution in [0.5, 0.6) is 0 Å². The summed E-state index contributed by atoms with van der Waals surface area (Å²) >= 11 is 5.52. The summed E-state index contributed by atoms with van der Waals surface area (Å²) in [7, 11) is 0. The van der Waals surface area contributed by atoms with E-state index >= 15 is 0 Å². The van der Waals surface area contributed by atoms with Crippen LogP contribution in [0.25, 0.3) is 4.85 Å². The van der Waals surface area contributed by atoms with Crippen molar-refractivity contribution in [3.05, 3.63) is 34.4 Å². The number of rotatable bonds is 0.